The molecule has 0 bridgehead atoms. The fourth-order valence-electron chi connectivity index (χ4n) is 1.37. The predicted octanol–water partition coefficient (Wildman–Crippen LogP) is 2.32. The summed E-state index contributed by atoms with van der Waals surface area (Å²) in [6.45, 7) is -0.539. The summed E-state index contributed by atoms with van der Waals surface area (Å²) in [7, 11) is 0. The first kappa shape index (κ1) is 10.9. The lowest BCUT2D eigenvalue weighted by Gasteiger charge is -2.05. The SMILES string of the molecule is N#Cc1cnn2cc(OCCF)cc(Br)c12. The third-order valence-corrected chi connectivity index (χ3v) is 2.61. The zero-order valence-electron chi connectivity index (χ0n) is 8.15. The largest absolute Gasteiger partial charge is 0.489 e. The highest BCUT2D eigenvalue weighted by molar-refractivity contribution is 9.10. The summed E-state index contributed by atoms with van der Waals surface area (Å²) in [5, 5.41) is 12.9. The van der Waals surface area contributed by atoms with Gasteiger partial charge in [-0.05, 0) is 22.0 Å². The lowest BCUT2D eigenvalue weighted by molar-refractivity contribution is 0.272. The van der Waals surface area contributed by atoms with Crippen molar-refractivity contribution in [1.82, 2.24) is 9.61 Å². The summed E-state index contributed by atoms with van der Waals surface area (Å²) in [5.41, 5.74) is 1.15. The first-order valence-electron chi connectivity index (χ1n) is 4.52. The minimum atomic E-state index is -0.543. The molecule has 2 rings (SSSR count). The summed E-state index contributed by atoms with van der Waals surface area (Å²) in [6.07, 6.45) is 3.08. The molecule has 0 saturated carbocycles. The van der Waals surface area contributed by atoms with Gasteiger partial charge in [-0.1, -0.05) is 0 Å². The van der Waals surface area contributed by atoms with Crippen LogP contribution in [0.25, 0.3) is 5.52 Å². The Kier molecular flexibility index (Phi) is 3.06. The predicted molar refractivity (Wildman–Crippen MR) is 59.1 cm³/mol. The molecule has 0 atom stereocenters. The van der Waals surface area contributed by atoms with Crippen LogP contribution < -0.4 is 4.74 Å². The number of ether oxygens (including phenoxy) is 1. The molecule has 2 heterocycles. The molecule has 6 heteroatoms. The number of hydrogen-bond acceptors (Lipinski definition) is 3. The van der Waals surface area contributed by atoms with Gasteiger partial charge >= 0.3 is 0 Å². The number of fused-ring (bicyclic) bond motifs is 1. The summed E-state index contributed by atoms with van der Waals surface area (Å²) < 4.78 is 19.3. The van der Waals surface area contributed by atoms with Crippen LogP contribution in [-0.2, 0) is 0 Å². The van der Waals surface area contributed by atoms with E-state index < -0.39 is 6.67 Å². The molecule has 0 aliphatic rings. The van der Waals surface area contributed by atoms with E-state index in [1.807, 2.05) is 6.07 Å². The van der Waals surface area contributed by atoms with Crippen LogP contribution in [0.4, 0.5) is 4.39 Å². The molecule has 2 aromatic heterocycles. The minimum Gasteiger partial charge on any atom is -0.489 e. The van der Waals surface area contributed by atoms with E-state index in [9.17, 15) is 4.39 Å². The highest BCUT2D eigenvalue weighted by Gasteiger charge is 2.09. The van der Waals surface area contributed by atoms with Gasteiger partial charge in [-0.2, -0.15) is 10.4 Å². The first-order chi connectivity index (χ1) is 7.76. The summed E-state index contributed by atoms with van der Waals surface area (Å²) in [5.74, 6) is 0.504. The summed E-state index contributed by atoms with van der Waals surface area (Å²) in [4.78, 5) is 0. The lowest BCUT2D eigenvalue weighted by atomic mass is 10.3. The van der Waals surface area contributed by atoms with Crippen molar-refractivity contribution in [3.63, 3.8) is 0 Å². The molecule has 0 spiro atoms. The molecule has 82 valence electrons. The van der Waals surface area contributed by atoms with Gasteiger partial charge in [0, 0.05) is 4.47 Å². The molecule has 0 saturated heterocycles. The average molecular weight is 284 g/mol. The van der Waals surface area contributed by atoms with Crippen molar-refractivity contribution in [2.24, 2.45) is 0 Å². The average Bonchev–Trinajstić information content (AvgIpc) is 2.69. The maximum Gasteiger partial charge on any atom is 0.138 e. The number of aromatic nitrogens is 2. The second kappa shape index (κ2) is 4.49. The Hall–Kier alpha value is -1.61. The lowest BCUT2D eigenvalue weighted by Crippen LogP contribution is -2.00. The number of nitrogens with zero attached hydrogens (tertiary/aromatic N) is 3. The van der Waals surface area contributed by atoms with Gasteiger partial charge in [-0.15, -0.1) is 0 Å². The number of alkyl halides is 1. The Bertz CT molecular complexity index is 561. The van der Waals surface area contributed by atoms with Gasteiger partial charge in [0.2, 0.25) is 0 Å². The van der Waals surface area contributed by atoms with Crippen molar-refractivity contribution in [3.05, 3.63) is 28.5 Å². The van der Waals surface area contributed by atoms with Crippen molar-refractivity contribution >= 4 is 21.4 Å². The maximum absolute atomic E-state index is 11.9. The Morgan fingerprint density at radius 3 is 3.12 bits per heavy atom. The topological polar surface area (TPSA) is 50.3 Å². The van der Waals surface area contributed by atoms with Gasteiger partial charge in [-0.25, -0.2) is 8.91 Å². The van der Waals surface area contributed by atoms with Crippen LogP contribution >= 0.6 is 15.9 Å². The molecule has 0 amide bonds. The maximum atomic E-state index is 11.9. The van der Waals surface area contributed by atoms with Crippen LogP contribution in [0.1, 0.15) is 5.56 Å². The first-order valence-corrected chi connectivity index (χ1v) is 5.31. The van der Waals surface area contributed by atoms with Crippen molar-refractivity contribution in [2.45, 2.75) is 0 Å². The molecule has 0 aliphatic carbocycles. The van der Waals surface area contributed by atoms with Crippen molar-refractivity contribution < 1.29 is 9.13 Å². The van der Waals surface area contributed by atoms with E-state index in [2.05, 4.69) is 21.0 Å². The van der Waals surface area contributed by atoms with Crippen LogP contribution in [0.2, 0.25) is 0 Å². The summed E-state index contributed by atoms with van der Waals surface area (Å²) >= 11 is 3.32. The summed E-state index contributed by atoms with van der Waals surface area (Å²) in [6, 6.07) is 3.73. The van der Waals surface area contributed by atoms with Crippen LogP contribution in [0.5, 0.6) is 5.75 Å². The zero-order chi connectivity index (χ0) is 11.5. The van der Waals surface area contributed by atoms with E-state index in [4.69, 9.17) is 10.00 Å². The van der Waals surface area contributed by atoms with E-state index in [1.54, 1.807) is 12.3 Å². The monoisotopic (exact) mass is 283 g/mol. The molecule has 2 aromatic rings. The number of rotatable bonds is 3. The van der Waals surface area contributed by atoms with Gasteiger partial charge in [0.15, 0.2) is 0 Å². The fourth-order valence-corrected chi connectivity index (χ4v) is 1.99. The normalized spacial score (nSPS) is 10.3. The van der Waals surface area contributed by atoms with E-state index in [-0.39, 0.29) is 6.61 Å². The molecule has 0 fully saturated rings. The number of pyridine rings is 1. The third-order valence-electron chi connectivity index (χ3n) is 2.01. The third kappa shape index (κ3) is 1.86. The molecule has 16 heavy (non-hydrogen) atoms. The fraction of sp³-hybridized carbons (Fsp3) is 0.200. The minimum absolute atomic E-state index is 0.00429. The van der Waals surface area contributed by atoms with E-state index in [0.717, 1.165) is 0 Å². The molecule has 0 unspecified atom stereocenters. The zero-order valence-corrected chi connectivity index (χ0v) is 9.74. The number of nitriles is 1. The van der Waals surface area contributed by atoms with Crippen LogP contribution in [0, 0.1) is 11.3 Å². The Morgan fingerprint density at radius 2 is 2.44 bits per heavy atom. The van der Waals surface area contributed by atoms with E-state index >= 15 is 0 Å². The van der Waals surface area contributed by atoms with Gasteiger partial charge in [0.1, 0.15) is 25.1 Å². The molecule has 0 aliphatic heterocycles. The molecular weight excluding hydrogens is 277 g/mol. The van der Waals surface area contributed by atoms with Crippen molar-refractivity contribution in [3.8, 4) is 11.8 Å². The Balaban J connectivity index is 2.49. The van der Waals surface area contributed by atoms with Gasteiger partial charge in [0.05, 0.1) is 23.5 Å². The van der Waals surface area contributed by atoms with E-state index in [0.29, 0.717) is 21.3 Å². The number of hydrogen-bond donors (Lipinski definition) is 0. The molecule has 4 nitrogen and oxygen atoms in total. The Morgan fingerprint density at radius 1 is 1.62 bits per heavy atom. The van der Waals surface area contributed by atoms with Gasteiger partial charge in [0.25, 0.3) is 0 Å². The van der Waals surface area contributed by atoms with Crippen LogP contribution in [0.15, 0.2) is 22.9 Å². The number of halogens is 2. The van der Waals surface area contributed by atoms with Crippen molar-refractivity contribution in [2.75, 3.05) is 13.3 Å². The standard InChI is InChI=1S/C10H7BrFN3O/c11-9-3-8(16-2-1-12)6-15-10(9)7(4-13)5-14-15/h3,5-6H,1-2H2. The molecule has 0 N–H and O–H groups in total. The van der Waals surface area contributed by atoms with Crippen LogP contribution in [0.3, 0.4) is 0 Å². The molecule has 0 aromatic carbocycles. The molecular formula is C10H7BrFN3O. The Labute approximate surface area is 99.4 Å². The van der Waals surface area contributed by atoms with E-state index in [1.165, 1.54) is 10.7 Å². The van der Waals surface area contributed by atoms with Gasteiger partial charge < -0.3 is 4.74 Å². The molecule has 0 radical (unpaired) electrons. The highest BCUT2D eigenvalue weighted by atomic mass is 79.9. The van der Waals surface area contributed by atoms with Gasteiger partial charge in [-0.3, -0.25) is 0 Å². The van der Waals surface area contributed by atoms with Crippen LogP contribution in [-0.4, -0.2) is 22.9 Å². The second-order valence-corrected chi connectivity index (χ2v) is 3.88. The van der Waals surface area contributed by atoms with Crippen molar-refractivity contribution in [1.29, 1.82) is 5.26 Å². The smallest absolute Gasteiger partial charge is 0.138 e. The quantitative estimate of drug-likeness (QED) is 0.869. The second-order valence-electron chi connectivity index (χ2n) is 3.02. The highest BCUT2D eigenvalue weighted by Crippen LogP contribution is 2.26.